The van der Waals surface area contributed by atoms with Crippen LogP contribution in [-0.2, 0) is 21.9 Å². The minimum absolute atomic E-state index is 0.00289. The zero-order chi connectivity index (χ0) is 29.9. The fourth-order valence-electron chi connectivity index (χ4n) is 5.62. The first-order chi connectivity index (χ1) is 19.2. The van der Waals surface area contributed by atoms with Crippen LogP contribution in [0.2, 0.25) is 0 Å². The van der Waals surface area contributed by atoms with E-state index >= 15 is 0 Å². The average Bonchev–Trinajstić information content (AvgIpc) is 2.92. The lowest BCUT2D eigenvalue weighted by Gasteiger charge is -2.41. The van der Waals surface area contributed by atoms with Gasteiger partial charge in [0.05, 0.1) is 29.9 Å². The monoisotopic (exact) mass is 585 g/mol. The van der Waals surface area contributed by atoms with E-state index in [-0.39, 0.29) is 23.5 Å². The number of piperidine rings is 1. The number of piperazine rings is 1. The molecule has 5 nitrogen and oxygen atoms in total. The molecule has 11 heteroatoms. The summed E-state index contributed by atoms with van der Waals surface area (Å²) in [6.45, 7) is 10.2. The van der Waals surface area contributed by atoms with Gasteiger partial charge >= 0.3 is 12.4 Å². The van der Waals surface area contributed by atoms with Crippen molar-refractivity contribution in [2.24, 2.45) is 0 Å². The summed E-state index contributed by atoms with van der Waals surface area (Å²) in [6, 6.07) is 11.4. The standard InChI is InChI=1S/C30H37F6N3O2/c1-20(2)38-13-11-37(12-14-38)19-28(40)39-10-9-27(26(18-39)22-7-5-4-6-8-22)41-21(3)23-15-24(29(31,32)33)17-25(16-23)30(34,35)36/h4-8,15-17,20-21,26-27H,9-14,18-19H2,1-3H3/t21-,26+,27+/m1/s1. The first-order valence-corrected chi connectivity index (χ1v) is 14.0. The number of carbonyl (C=O) groups is 1. The topological polar surface area (TPSA) is 36.0 Å². The highest BCUT2D eigenvalue weighted by atomic mass is 19.4. The zero-order valence-electron chi connectivity index (χ0n) is 23.5. The molecule has 0 spiro atoms. The molecule has 226 valence electrons. The molecule has 2 saturated heterocycles. The number of nitrogens with zero attached hydrogens (tertiary/aromatic N) is 3. The molecule has 2 aliphatic rings. The summed E-state index contributed by atoms with van der Waals surface area (Å²) in [5.41, 5.74) is -2.04. The van der Waals surface area contributed by atoms with Crippen LogP contribution < -0.4 is 0 Å². The van der Waals surface area contributed by atoms with E-state index in [9.17, 15) is 31.1 Å². The van der Waals surface area contributed by atoms with Crippen LogP contribution in [0.25, 0.3) is 0 Å². The van der Waals surface area contributed by atoms with E-state index in [0.29, 0.717) is 32.1 Å². The number of hydrogen-bond donors (Lipinski definition) is 0. The molecule has 0 bridgehead atoms. The van der Waals surface area contributed by atoms with Crippen molar-refractivity contribution >= 4 is 5.91 Å². The Hall–Kier alpha value is -2.63. The molecule has 1 amide bonds. The molecule has 2 aromatic carbocycles. The van der Waals surface area contributed by atoms with Crippen LogP contribution in [-0.4, -0.2) is 78.6 Å². The number of hydrogen-bond acceptors (Lipinski definition) is 4. The van der Waals surface area contributed by atoms with Gasteiger partial charge in [0.1, 0.15) is 0 Å². The first-order valence-electron chi connectivity index (χ1n) is 14.0. The molecule has 4 rings (SSSR count). The Bertz CT molecular complexity index is 1130. The van der Waals surface area contributed by atoms with Crippen molar-refractivity contribution in [1.29, 1.82) is 0 Å². The van der Waals surface area contributed by atoms with Crippen molar-refractivity contribution in [2.45, 2.75) is 63.7 Å². The number of ether oxygens (including phenoxy) is 1. The third-order valence-electron chi connectivity index (χ3n) is 8.08. The van der Waals surface area contributed by atoms with Gasteiger partial charge in [0, 0.05) is 51.2 Å². The van der Waals surface area contributed by atoms with E-state index in [2.05, 4.69) is 23.6 Å². The molecule has 2 aromatic rings. The Balaban J connectivity index is 1.49. The lowest BCUT2D eigenvalue weighted by molar-refractivity contribution is -0.143. The van der Waals surface area contributed by atoms with E-state index < -0.39 is 35.7 Å². The molecule has 41 heavy (non-hydrogen) atoms. The normalized spacial score (nSPS) is 22.2. The summed E-state index contributed by atoms with van der Waals surface area (Å²) in [5, 5.41) is 0. The van der Waals surface area contributed by atoms with Crippen LogP contribution in [0.3, 0.4) is 0 Å². The molecule has 0 radical (unpaired) electrons. The minimum Gasteiger partial charge on any atom is -0.370 e. The van der Waals surface area contributed by atoms with Crippen molar-refractivity contribution in [3.63, 3.8) is 0 Å². The summed E-state index contributed by atoms with van der Waals surface area (Å²) in [6.07, 6.45) is -11.0. The Morgan fingerprint density at radius 1 is 0.878 bits per heavy atom. The molecule has 0 aromatic heterocycles. The van der Waals surface area contributed by atoms with Gasteiger partial charge in [0.25, 0.3) is 0 Å². The molecule has 0 unspecified atom stereocenters. The highest BCUT2D eigenvalue weighted by molar-refractivity contribution is 5.78. The van der Waals surface area contributed by atoms with Crippen LogP contribution in [0.4, 0.5) is 26.3 Å². The number of likely N-dealkylation sites (tertiary alicyclic amines) is 1. The molecule has 2 heterocycles. The Morgan fingerprint density at radius 3 is 2.00 bits per heavy atom. The second-order valence-electron chi connectivity index (χ2n) is 11.2. The largest absolute Gasteiger partial charge is 0.416 e. The number of alkyl halides is 6. The molecule has 2 aliphatic heterocycles. The second kappa shape index (κ2) is 12.7. The molecule has 0 saturated carbocycles. The van der Waals surface area contributed by atoms with Crippen molar-refractivity contribution < 1.29 is 35.9 Å². The fourth-order valence-corrected chi connectivity index (χ4v) is 5.62. The summed E-state index contributed by atoms with van der Waals surface area (Å²) in [7, 11) is 0. The molecule has 0 aliphatic carbocycles. The van der Waals surface area contributed by atoms with Crippen LogP contribution in [0.1, 0.15) is 61.5 Å². The van der Waals surface area contributed by atoms with Gasteiger partial charge in [0.15, 0.2) is 0 Å². The minimum atomic E-state index is -4.94. The smallest absolute Gasteiger partial charge is 0.370 e. The zero-order valence-corrected chi connectivity index (χ0v) is 23.5. The third kappa shape index (κ3) is 8.02. The number of carbonyl (C=O) groups excluding carboxylic acids is 1. The first kappa shape index (κ1) is 31.3. The van der Waals surface area contributed by atoms with Crippen LogP contribution in [0.5, 0.6) is 0 Å². The van der Waals surface area contributed by atoms with Gasteiger partial charge < -0.3 is 9.64 Å². The van der Waals surface area contributed by atoms with Crippen molar-refractivity contribution in [1.82, 2.24) is 14.7 Å². The maximum Gasteiger partial charge on any atom is 0.416 e. The maximum absolute atomic E-state index is 13.4. The third-order valence-corrected chi connectivity index (χ3v) is 8.08. The van der Waals surface area contributed by atoms with Crippen LogP contribution in [0.15, 0.2) is 48.5 Å². The van der Waals surface area contributed by atoms with E-state index in [1.54, 1.807) is 4.90 Å². The van der Waals surface area contributed by atoms with Crippen molar-refractivity contribution in [3.05, 3.63) is 70.8 Å². The molecule has 0 N–H and O–H groups in total. The Labute approximate surface area is 237 Å². The number of amides is 1. The molecule has 2 fully saturated rings. The number of halogens is 6. The van der Waals surface area contributed by atoms with Crippen LogP contribution in [0, 0.1) is 0 Å². The molecular formula is C30H37F6N3O2. The highest BCUT2D eigenvalue weighted by Crippen LogP contribution is 2.39. The van der Waals surface area contributed by atoms with Gasteiger partial charge in [-0.15, -0.1) is 0 Å². The SMILES string of the molecule is CC(C)N1CCN(CC(=O)N2CC[C@H](O[C@H](C)c3cc(C(F)(F)F)cc(C(F)(F)F)c3)[C@H](c3ccccc3)C2)CC1. The quantitative estimate of drug-likeness (QED) is 0.362. The maximum atomic E-state index is 13.4. The van der Waals surface area contributed by atoms with E-state index in [1.807, 2.05) is 30.3 Å². The van der Waals surface area contributed by atoms with Crippen molar-refractivity contribution in [2.75, 3.05) is 45.8 Å². The lowest BCUT2D eigenvalue weighted by atomic mass is 9.87. The lowest BCUT2D eigenvalue weighted by Crippen LogP contribution is -2.53. The predicted molar refractivity (Wildman–Crippen MR) is 143 cm³/mol. The van der Waals surface area contributed by atoms with Crippen LogP contribution >= 0.6 is 0 Å². The van der Waals surface area contributed by atoms with E-state index in [1.165, 1.54) is 6.92 Å². The van der Waals surface area contributed by atoms with Gasteiger partial charge in [-0.1, -0.05) is 30.3 Å². The van der Waals surface area contributed by atoms with Gasteiger partial charge in [-0.05, 0) is 56.5 Å². The highest BCUT2D eigenvalue weighted by Gasteiger charge is 2.39. The predicted octanol–water partition coefficient (Wildman–Crippen LogP) is 6.21. The second-order valence-corrected chi connectivity index (χ2v) is 11.2. The van der Waals surface area contributed by atoms with E-state index in [0.717, 1.165) is 43.9 Å². The van der Waals surface area contributed by atoms with Gasteiger partial charge in [-0.2, -0.15) is 26.3 Å². The number of benzene rings is 2. The summed E-state index contributed by atoms with van der Waals surface area (Å²) in [4.78, 5) is 19.6. The summed E-state index contributed by atoms with van der Waals surface area (Å²) < 4.78 is 86.8. The van der Waals surface area contributed by atoms with Gasteiger partial charge in [-0.3, -0.25) is 14.6 Å². The Morgan fingerprint density at radius 2 is 1.46 bits per heavy atom. The van der Waals surface area contributed by atoms with Gasteiger partial charge in [-0.25, -0.2) is 0 Å². The Kier molecular flexibility index (Phi) is 9.70. The van der Waals surface area contributed by atoms with Crippen molar-refractivity contribution in [3.8, 4) is 0 Å². The fraction of sp³-hybridized carbons (Fsp3) is 0.567. The molecular weight excluding hydrogens is 548 g/mol. The van der Waals surface area contributed by atoms with E-state index in [4.69, 9.17) is 4.74 Å². The average molecular weight is 586 g/mol. The molecule has 3 atom stereocenters. The summed E-state index contributed by atoms with van der Waals surface area (Å²) in [5.74, 6) is -0.287. The number of rotatable bonds is 7. The summed E-state index contributed by atoms with van der Waals surface area (Å²) >= 11 is 0. The van der Waals surface area contributed by atoms with Gasteiger partial charge in [0.2, 0.25) is 5.91 Å².